The van der Waals surface area contributed by atoms with Crippen LogP contribution in [0.5, 0.6) is 0 Å². The molecular weight excluding hydrogens is 1600 g/mol. The van der Waals surface area contributed by atoms with Crippen LogP contribution in [0.15, 0.2) is 435 Å². The lowest BCUT2D eigenvalue weighted by Crippen LogP contribution is -2.00. The molecule has 604 valence electrons. The highest BCUT2D eigenvalue weighted by Gasteiger charge is 2.24. The van der Waals surface area contributed by atoms with Crippen molar-refractivity contribution in [2.45, 2.75) is 0 Å². The van der Waals surface area contributed by atoms with E-state index < -0.39 is 0 Å². The van der Waals surface area contributed by atoms with E-state index in [1.165, 1.54) is 91.3 Å². The third kappa shape index (κ3) is 13.6. The maximum atomic E-state index is 6.85. The highest BCUT2D eigenvalue weighted by Crippen LogP contribution is 2.47. The zero-order valence-corrected chi connectivity index (χ0v) is 70.6. The van der Waals surface area contributed by atoms with E-state index in [2.05, 4.69) is 340 Å². The Kier molecular flexibility index (Phi) is 18.2. The number of fused-ring (bicyclic) bond motifs is 18. The maximum absolute atomic E-state index is 6.85. The molecule has 0 unspecified atom stereocenters. The van der Waals surface area contributed by atoms with Gasteiger partial charge in [0.15, 0.2) is 52.4 Å². The molecule has 5 heterocycles. The Morgan fingerprint density at radius 1 is 0.154 bits per heavy atom. The van der Waals surface area contributed by atoms with Crippen LogP contribution in [-0.2, 0) is 0 Å². The van der Waals surface area contributed by atoms with Gasteiger partial charge in [-0.1, -0.05) is 352 Å². The molecule has 0 N–H and O–H groups in total. The molecule has 0 saturated carbocycles. The number of thiophene rings is 1. The first-order valence-corrected chi connectivity index (χ1v) is 44.4. The van der Waals surface area contributed by atoms with Gasteiger partial charge in [-0.15, -0.1) is 11.3 Å². The number of hydrogen-bond acceptors (Lipinski definition) is 11. The quantitative estimate of drug-likeness (QED) is 0.109. The molecule has 0 bridgehead atoms. The van der Waals surface area contributed by atoms with E-state index in [-0.39, 0.29) is 0 Å². The van der Waals surface area contributed by atoms with Crippen LogP contribution in [0.25, 0.3) is 264 Å². The third-order valence-electron chi connectivity index (χ3n) is 25.2. The standard InChI is InChI=1S/C61H37N3S.C58H34N6O/c1-3-13-38(14-4-1)46-34-47(36-48(35-46)51-23-11-19-39-15-7-9-21-49(39)51)43-27-30-52-44(33-43)26-25-41-28-32-56-58(57(41)52)54-37-45(29-31-55(54)65-56)60-62-59(42-17-5-2-6-18-42)63-61(64-60)53-24-12-20-40-16-8-10-22-50(40)53;1-3-14-38(15-4-1)53-59-55(43-26-22-35-12-7-9-18-40(35)32-43)62-56(60-53)45-28-30-46-42(34-45)25-24-37-29-31-49-51(50(37)46)47-20-11-21-48(52(47)65-49)58-63-54(39-16-5-2-6-17-39)61-57(64-58)44-27-23-36-13-8-10-19-41(36)33-44/h1-37H;1-34H. The molecule has 0 atom stereocenters. The number of furan rings is 1. The second kappa shape index (κ2) is 31.5. The first-order chi connectivity index (χ1) is 64.3. The molecule has 0 fully saturated rings. The summed E-state index contributed by atoms with van der Waals surface area (Å²) >= 11 is 1.84. The molecule has 0 radical (unpaired) electrons. The second-order valence-corrected chi connectivity index (χ2v) is 34.1. The minimum atomic E-state index is 0.542. The number of aromatic nitrogens is 9. The predicted molar refractivity (Wildman–Crippen MR) is 538 cm³/mol. The highest BCUT2D eigenvalue weighted by atomic mass is 32.1. The van der Waals surface area contributed by atoms with Crippen LogP contribution in [0.2, 0.25) is 0 Å². The molecule has 5 aromatic heterocycles. The van der Waals surface area contributed by atoms with Gasteiger partial charge in [0, 0.05) is 80.8 Å². The molecule has 26 rings (SSSR count). The summed E-state index contributed by atoms with van der Waals surface area (Å²) in [5.74, 6) is 5.55. The summed E-state index contributed by atoms with van der Waals surface area (Å²) in [6, 6.07) is 152. The Hall–Kier alpha value is -17.3. The van der Waals surface area contributed by atoms with Crippen molar-refractivity contribution in [1.29, 1.82) is 0 Å². The van der Waals surface area contributed by atoms with Gasteiger partial charge in [-0.05, 0) is 193 Å². The van der Waals surface area contributed by atoms with Gasteiger partial charge >= 0.3 is 0 Å². The molecule has 0 amide bonds. The SMILES string of the molecule is c1ccc(-c2cc(-c3ccc4c(ccc5ccc6sc7ccc(-c8nc(-c9ccccc9)nc(-c9cccc%10ccccc9%10)n8)cc7c6c54)c3)cc(-c3cccc4ccccc34)c2)cc1.c1ccc(-c2nc(-c3ccc4ccccc4c3)nc(-c3ccc4c(ccc5ccc6oc7c(-c8nc(-c9ccccc9)nc(-c9ccc%10ccccc%10c9)n8)cccc7c6c54)c3)n2)cc1. The lowest BCUT2D eigenvalue weighted by molar-refractivity contribution is 0.670. The van der Waals surface area contributed by atoms with Crippen molar-refractivity contribution in [3.63, 3.8) is 0 Å². The summed E-state index contributed by atoms with van der Waals surface area (Å²) in [7, 11) is 0. The average Bonchev–Trinajstić information content (AvgIpc) is 1.47. The van der Waals surface area contributed by atoms with Crippen LogP contribution in [0.3, 0.4) is 0 Å². The van der Waals surface area contributed by atoms with Crippen molar-refractivity contribution >= 4 is 140 Å². The van der Waals surface area contributed by atoms with Gasteiger partial charge in [0.2, 0.25) is 0 Å². The summed E-state index contributed by atoms with van der Waals surface area (Å²) < 4.78 is 9.34. The maximum Gasteiger partial charge on any atom is 0.167 e. The van der Waals surface area contributed by atoms with Crippen molar-refractivity contribution in [2.75, 3.05) is 0 Å². The van der Waals surface area contributed by atoms with Gasteiger partial charge in [0.25, 0.3) is 0 Å². The zero-order chi connectivity index (χ0) is 85.7. The number of benzene rings is 21. The summed E-state index contributed by atoms with van der Waals surface area (Å²) in [6.07, 6.45) is 0. The fourth-order valence-electron chi connectivity index (χ4n) is 18.8. The molecule has 130 heavy (non-hydrogen) atoms. The van der Waals surface area contributed by atoms with Gasteiger partial charge in [0.1, 0.15) is 11.2 Å². The van der Waals surface area contributed by atoms with Gasteiger partial charge in [-0.25, -0.2) is 44.9 Å². The topological polar surface area (TPSA) is 129 Å². The van der Waals surface area contributed by atoms with Gasteiger partial charge in [0.05, 0.1) is 5.56 Å². The van der Waals surface area contributed by atoms with Crippen LogP contribution in [-0.4, -0.2) is 44.9 Å². The molecule has 0 saturated heterocycles. The minimum Gasteiger partial charge on any atom is -0.455 e. The third-order valence-corrected chi connectivity index (χ3v) is 26.3. The molecule has 11 heteroatoms. The fraction of sp³-hybridized carbons (Fsp3) is 0. The van der Waals surface area contributed by atoms with Gasteiger partial charge < -0.3 is 4.42 Å². The number of para-hydroxylation sites is 1. The van der Waals surface area contributed by atoms with Gasteiger partial charge in [-0.3, -0.25) is 0 Å². The van der Waals surface area contributed by atoms with E-state index in [1.807, 2.05) is 102 Å². The lowest BCUT2D eigenvalue weighted by Gasteiger charge is -2.14. The smallest absolute Gasteiger partial charge is 0.167 e. The Labute approximate surface area is 750 Å². The van der Waals surface area contributed by atoms with Crippen LogP contribution in [0, 0.1) is 0 Å². The molecule has 21 aromatic carbocycles. The average molecular weight is 1680 g/mol. The number of nitrogens with zero attached hydrogens (tertiary/aromatic N) is 9. The van der Waals surface area contributed by atoms with Crippen molar-refractivity contribution in [2.24, 2.45) is 0 Å². The predicted octanol–water partition coefficient (Wildman–Crippen LogP) is 31.4. The van der Waals surface area contributed by atoms with Crippen molar-refractivity contribution in [3.05, 3.63) is 431 Å². The van der Waals surface area contributed by atoms with Crippen LogP contribution < -0.4 is 0 Å². The first-order valence-electron chi connectivity index (χ1n) is 43.6. The largest absolute Gasteiger partial charge is 0.455 e. The Balaban J connectivity index is 0.000000140. The van der Waals surface area contributed by atoms with Crippen molar-refractivity contribution in [1.82, 2.24) is 44.9 Å². The molecule has 0 aliphatic carbocycles. The van der Waals surface area contributed by atoms with E-state index in [1.54, 1.807) is 0 Å². The van der Waals surface area contributed by atoms with Gasteiger partial charge in [-0.2, -0.15) is 0 Å². The molecule has 0 spiro atoms. The van der Waals surface area contributed by atoms with Crippen LogP contribution >= 0.6 is 11.3 Å². The van der Waals surface area contributed by atoms with E-state index in [0.29, 0.717) is 52.4 Å². The Morgan fingerprint density at radius 2 is 0.500 bits per heavy atom. The van der Waals surface area contributed by atoms with Crippen molar-refractivity contribution < 1.29 is 4.42 Å². The van der Waals surface area contributed by atoms with E-state index in [0.717, 1.165) is 120 Å². The number of hydrogen-bond donors (Lipinski definition) is 0. The minimum absolute atomic E-state index is 0.542. The lowest BCUT2D eigenvalue weighted by atomic mass is 9.90. The van der Waals surface area contributed by atoms with E-state index in [4.69, 9.17) is 49.3 Å². The van der Waals surface area contributed by atoms with Crippen molar-refractivity contribution in [3.8, 4) is 136 Å². The summed E-state index contributed by atoms with van der Waals surface area (Å²) in [6.45, 7) is 0. The zero-order valence-electron chi connectivity index (χ0n) is 69.8. The van der Waals surface area contributed by atoms with E-state index >= 15 is 0 Å². The normalized spacial score (nSPS) is 11.7. The Morgan fingerprint density at radius 3 is 1.06 bits per heavy atom. The molecule has 0 aliphatic rings. The summed E-state index contributed by atoms with van der Waals surface area (Å²) in [4.78, 5) is 45.9. The molecule has 10 nitrogen and oxygen atoms in total. The monoisotopic (exact) mass is 1670 g/mol. The fourth-order valence-corrected chi connectivity index (χ4v) is 19.9. The molecular formula is C119H71N9OS. The van der Waals surface area contributed by atoms with Crippen LogP contribution in [0.1, 0.15) is 0 Å². The molecule has 0 aliphatic heterocycles. The highest BCUT2D eigenvalue weighted by molar-refractivity contribution is 7.26. The number of rotatable bonds is 12. The van der Waals surface area contributed by atoms with Crippen LogP contribution in [0.4, 0.5) is 0 Å². The second-order valence-electron chi connectivity index (χ2n) is 33.0. The Bertz CT molecular complexity index is 9060. The first kappa shape index (κ1) is 75.3. The summed E-state index contributed by atoms with van der Waals surface area (Å²) in [5.41, 5.74) is 17.0. The summed E-state index contributed by atoms with van der Waals surface area (Å²) in [5, 5.41) is 23.1. The van der Waals surface area contributed by atoms with E-state index in [9.17, 15) is 0 Å². The molecule has 26 aromatic rings.